The van der Waals surface area contributed by atoms with Crippen LogP contribution in [0.3, 0.4) is 0 Å². The molecule has 0 radical (unpaired) electrons. The van der Waals surface area contributed by atoms with Gasteiger partial charge in [0.2, 0.25) is 0 Å². The quantitative estimate of drug-likeness (QED) is 0.827. The molecule has 24 heavy (non-hydrogen) atoms. The molecular formula is C19H22N2O3. The highest BCUT2D eigenvalue weighted by Gasteiger charge is 2.22. The third kappa shape index (κ3) is 4.59. The number of ether oxygens (including phenoxy) is 1. The highest BCUT2D eigenvalue weighted by atomic mass is 16.5. The molecule has 0 aliphatic carbocycles. The Kier molecular flexibility index (Phi) is 5.95. The number of benzene rings is 2. The van der Waals surface area contributed by atoms with Crippen LogP contribution in [0, 0.1) is 0 Å². The molecule has 0 saturated carbocycles. The van der Waals surface area contributed by atoms with Crippen LogP contribution in [-0.4, -0.2) is 39.1 Å². The SMILES string of the molecule is COC(=O)C(Cc1ccc(N(C)C)cc1)NC(=O)c1ccccc1. The zero-order valence-corrected chi connectivity index (χ0v) is 14.2. The molecule has 0 fully saturated rings. The van der Waals surface area contributed by atoms with Crippen molar-refractivity contribution in [1.82, 2.24) is 5.32 Å². The Morgan fingerprint density at radius 3 is 2.21 bits per heavy atom. The largest absolute Gasteiger partial charge is 0.467 e. The lowest BCUT2D eigenvalue weighted by Gasteiger charge is -2.18. The van der Waals surface area contributed by atoms with Crippen molar-refractivity contribution in [2.24, 2.45) is 0 Å². The Labute approximate surface area is 142 Å². The molecule has 2 aromatic carbocycles. The van der Waals surface area contributed by atoms with Gasteiger partial charge in [-0.15, -0.1) is 0 Å². The zero-order chi connectivity index (χ0) is 17.5. The molecule has 0 aliphatic heterocycles. The summed E-state index contributed by atoms with van der Waals surface area (Å²) in [7, 11) is 5.25. The summed E-state index contributed by atoms with van der Waals surface area (Å²) < 4.78 is 4.82. The van der Waals surface area contributed by atoms with Crippen LogP contribution in [0.5, 0.6) is 0 Å². The molecule has 2 aromatic rings. The predicted molar refractivity (Wildman–Crippen MR) is 94.2 cm³/mol. The van der Waals surface area contributed by atoms with Crippen LogP contribution in [0.15, 0.2) is 54.6 Å². The first-order chi connectivity index (χ1) is 11.5. The van der Waals surface area contributed by atoms with E-state index in [1.807, 2.05) is 49.3 Å². The minimum Gasteiger partial charge on any atom is -0.467 e. The number of nitrogens with zero attached hydrogens (tertiary/aromatic N) is 1. The van der Waals surface area contributed by atoms with Gasteiger partial charge in [-0.1, -0.05) is 30.3 Å². The molecule has 5 heteroatoms. The fraction of sp³-hybridized carbons (Fsp3) is 0.263. The van der Waals surface area contributed by atoms with Gasteiger partial charge in [-0.2, -0.15) is 0 Å². The van der Waals surface area contributed by atoms with Gasteiger partial charge < -0.3 is 15.0 Å². The molecule has 1 unspecified atom stereocenters. The van der Waals surface area contributed by atoms with Gasteiger partial charge in [0, 0.05) is 31.8 Å². The highest BCUT2D eigenvalue weighted by Crippen LogP contribution is 2.14. The molecule has 0 heterocycles. The summed E-state index contributed by atoms with van der Waals surface area (Å²) >= 11 is 0. The van der Waals surface area contributed by atoms with Gasteiger partial charge in [-0.05, 0) is 29.8 Å². The number of hydrogen-bond donors (Lipinski definition) is 1. The van der Waals surface area contributed by atoms with Crippen molar-refractivity contribution in [2.45, 2.75) is 12.5 Å². The number of carbonyl (C=O) groups excluding carboxylic acids is 2. The number of methoxy groups -OCH3 is 1. The first kappa shape index (κ1) is 17.5. The lowest BCUT2D eigenvalue weighted by molar-refractivity contribution is -0.142. The molecule has 0 aromatic heterocycles. The predicted octanol–water partition coefficient (Wildman–Crippen LogP) is 2.27. The van der Waals surface area contributed by atoms with Gasteiger partial charge in [0.05, 0.1) is 7.11 Å². The fourth-order valence-electron chi connectivity index (χ4n) is 2.33. The topological polar surface area (TPSA) is 58.6 Å². The van der Waals surface area contributed by atoms with E-state index >= 15 is 0 Å². The zero-order valence-electron chi connectivity index (χ0n) is 14.2. The molecule has 5 nitrogen and oxygen atoms in total. The van der Waals surface area contributed by atoms with E-state index in [9.17, 15) is 9.59 Å². The molecule has 0 aliphatic rings. The van der Waals surface area contributed by atoms with E-state index in [0.29, 0.717) is 12.0 Å². The van der Waals surface area contributed by atoms with Crippen LogP contribution in [0.25, 0.3) is 0 Å². The maximum absolute atomic E-state index is 12.3. The van der Waals surface area contributed by atoms with Crippen LogP contribution in [0.2, 0.25) is 0 Å². The third-order valence-electron chi connectivity index (χ3n) is 3.72. The standard InChI is InChI=1S/C19H22N2O3/c1-21(2)16-11-9-14(10-12-16)13-17(19(23)24-3)20-18(22)15-7-5-4-6-8-15/h4-12,17H,13H2,1-3H3,(H,20,22). The fourth-order valence-corrected chi connectivity index (χ4v) is 2.33. The second-order valence-corrected chi connectivity index (χ2v) is 5.68. The Bertz CT molecular complexity index is 682. The van der Waals surface area contributed by atoms with Crippen LogP contribution in [0.4, 0.5) is 5.69 Å². The van der Waals surface area contributed by atoms with Crippen molar-refractivity contribution in [3.05, 3.63) is 65.7 Å². The summed E-state index contributed by atoms with van der Waals surface area (Å²) in [5.74, 6) is -0.758. The van der Waals surface area contributed by atoms with E-state index in [2.05, 4.69) is 5.32 Å². The summed E-state index contributed by atoms with van der Waals surface area (Å²) in [4.78, 5) is 26.3. The number of rotatable bonds is 6. The molecule has 2 rings (SSSR count). The molecule has 1 atom stereocenters. The van der Waals surface area contributed by atoms with Gasteiger partial charge in [0.15, 0.2) is 0 Å². The molecule has 0 spiro atoms. The number of carbonyl (C=O) groups is 2. The second-order valence-electron chi connectivity index (χ2n) is 5.68. The third-order valence-corrected chi connectivity index (χ3v) is 3.72. The summed E-state index contributed by atoms with van der Waals surface area (Å²) in [5, 5.41) is 2.75. The van der Waals surface area contributed by atoms with Crippen LogP contribution in [0.1, 0.15) is 15.9 Å². The maximum Gasteiger partial charge on any atom is 0.328 e. The van der Waals surface area contributed by atoms with E-state index in [0.717, 1.165) is 11.3 Å². The minimum absolute atomic E-state index is 0.295. The second kappa shape index (κ2) is 8.15. The normalized spacial score (nSPS) is 11.5. The van der Waals surface area contributed by atoms with Crippen molar-refractivity contribution in [1.29, 1.82) is 0 Å². The highest BCUT2D eigenvalue weighted by molar-refractivity contribution is 5.96. The van der Waals surface area contributed by atoms with Gasteiger partial charge in [0.1, 0.15) is 6.04 Å². The average Bonchev–Trinajstić information content (AvgIpc) is 2.61. The van der Waals surface area contributed by atoms with E-state index < -0.39 is 12.0 Å². The number of esters is 1. The lowest BCUT2D eigenvalue weighted by Crippen LogP contribution is -2.43. The summed E-state index contributed by atoms with van der Waals surface area (Å²) in [5.41, 5.74) is 2.53. The molecule has 126 valence electrons. The first-order valence-corrected chi connectivity index (χ1v) is 7.71. The average molecular weight is 326 g/mol. The van der Waals surface area contributed by atoms with E-state index in [1.54, 1.807) is 24.3 Å². The van der Waals surface area contributed by atoms with Crippen molar-refractivity contribution in [3.8, 4) is 0 Å². The van der Waals surface area contributed by atoms with Crippen LogP contribution >= 0.6 is 0 Å². The van der Waals surface area contributed by atoms with Crippen molar-refractivity contribution < 1.29 is 14.3 Å². The number of anilines is 1. The smallest absolute Gasteiger partial charge is 0.328 e. The lowest BCUT2D eigenvalue weighted by atomic mass is 10.0. The summed E-state index contributed by atoms with van der Waals surface area (Å²) in [6.07, 6.45) is 0.374. The summed E-state index contributed by atoms with van der Waals surface area (Å²) in [6, 6.07) is 15.9. The minimum atomic E-state index is -0.729. The number of nitrogens with one attached hydrogen (secondary N) is 1. The molecule has 1 N–H and O–H groups in total. The Balaban J connectivity index is 2.11. The number of hydrogen-bond acceptors (Lipinski definition) is 4. The number of amides is 1. The Morgan fingerprint density at radius 1 is 1.04 bits per heavy atom. The molecule has 1 amide bonds. The van der Waals surface area contributed by atoms with Gasteiger partial charge in [0.25, 0.3) is 5.91 Å². The monoisotopic (exact) mass is 326 g/mol. The van der Waals surface area contributed by atoms with Gasteiger partial charge in [-0.25, -0.2) is 4.79 Å². The van der Waals surface area contributed by atoms with Crippen molar-refractivity contribution in [2.75, 3.05) is 26.1 Å². The van der Waals surface area contributed by atoms with E-state index in [4.69, 9.17) is 4.74 Å². The van der Waals surface area contributed by atoms with Crippen molar-refractivity contribution in [3.63, 3.8) is 0 Å². The Hall–Kier alpha value is -2.82. The van der Waals surface area contributed by atoms with E-state index in [1.165, 1.54) is 7.11 Å². The summed E-state index contributed by atoms with van der Waals surface area (Å²) in [6.45, 7) is 0. The molecule has 0 bridgehead atoms. The van der Waals surface area contributed by atoms with Crippen LogP contribution in [-0.2, 0) is 16.0 Å². The van der Waals surface area contributed by atoms with Gasteiger partial charge >= 0.3 is 5.97 Å². The van der Waals surface area contributed by atoms with Crippen molar-refractivity contribution >= 4 is 17.6 Å². The first-order valence-electron chi connectivity index (χ1n) is 7.71. The van der Waals surface area contributed by atoms with Gasteiger partial charge in [-0.3, -0.25) is 4.79 Å². The molecule has 0 saturated heterocycles. The van der Waals surface area contributed by atoms with Crippen LogP contribution < -0.4 is 10.2 Å². The maximum atomic E-state index is 12.3. The Morgan fingerprint density at radius 2 is 1.67 bits per heavy atom. The van der Waals surface area contributed by atoms with E-state index in [-0.39, 0.29) is 5.91 Å². The molecular weight excluding hydrogens is 304 g/mol.